The van der Waals surface area contributed by atoms with E-state index in [1.54, 1.807) is 0 Å². The van der Waals surface area contributed by atoms with Crippen molar-refractivity contribution in [3.8, 4) is 0 Å². The molecule has 1 aliphatic carbocycles. The quantitative estimate of drug-likeness (QED) is 0.546. The first-order valence-corrected chi connectivity index (χ1v) is 6.05. The molecule has 82 valence electrons. The maximum atomic E-state index is 11.5. The third kappa shape index (κ3) is 3.52. The van der Waals surface area contributed by atoms with Crippen molar-refractivity contribution in [1.82, 2.24) is 0 Å². The van der Waals surface area contributed by atoms with Gasteiger partial charge in [0.15, 0.2) is 0 Å². The Labute approximate surface area is 91.8 Å². The topological polar surface area (TPSA) is 26.3 Å². The number of ether oxygens (including phenoxy) is 1. The lowest BCUT2D eigenvalue weighted by molar-refractivity contribution is -0.149. The Hall–Kier alpha value is -0.180. The molecule has 0 heterocycles. The number of hydrogen-bond donors (Lipinski definition) is 1. The van der Waals surface area contributed by atoms with Gasteiger partial charge in [0.2, 0.25) is 0 Å². The summed E-state index contributed by atoms with van der Waals surface area (Å²) in [4.78, 5) is 11.5. The molecular weight excluding hydrogens is 196 g/mol. The summed E-state index contributed by atoms with van der Waals surface area (Å²) in [6.45, 7) is 4.06. The van der Waals surface area contributed by atoms with Gasteiger partial charge in [0.1, 0.15) is 0 Å². The van der Waals surface area contributed by atoms with Crippen LogP contribution in [0.3, 0.4) is 0 Å². The monoisotopic (exact) mass is 216 g/mol. The molecule has 0 aliphatic heterocycles. The molecule has 0 bridgehead atoms. The van der Waals surface area contributed by atoms with Gasteiger partial charge in [-0.05, 0) is 37.4 Å². The van der Waals surface area contributed by atoms with E-state index in [-0.39, 0.29) is 17.5 Å². The molecule has 0 radical (unpaired) electrons. The van der Waals surface area contributed by atoms with Crippen LogP contribution in [-0.2, 0) is 9.53 Å². The third-order valence-corrected chi connectivity index (χ3v) is 3.51. The van der Waals surface area contributed by atoms with Gasteiger partial charge in [0.05, 0.1) is 12.5 Å². The van der Waals surface area contributed by atoms with E-state index in [1.165, 1.54) is 0 Å². The van der Waals surface area contributed by atoms with Crippen LogP contribution in [0.1, 0.15) is 46.0 Å². The van der Waals surface area contributed by atoms with Crippen molar-refractivity contribution in [1.29, 1.82) is 0 Å². The summed E-state index contributed by atoms with van der Waals surface area (Å²) in [6, 6.07) is 0. The van der Waals surface area contributed by atoms with Crippen LogP contribution in [0.15, 0.2) is 0 Å². The Morgan fingerprint density at radius 3 is 2.64 bits per heavy atom. The van der Waals surface area contributed by atoms with Crippen molar-refractivity contribution in [2.75, 3.05) is 5.75 Å². The molecule has 1 rings (SSSR count). The second-order valence-corrected chi connectivity index (χ2v) is 4.74. The molecular formula is C11H20O2S. The maximum Gasteiger partial charge on any atom is 0.306 e. The molecule has 0 saturated heterocycles. The average Bonchev–Trinajstić information content (AvgIpc) is 2.85. The molecule has 0 amide bonds. The zero-order valence-corrected chi connectivity index (χ0v) is 9.98. The predicted octanol–water partition coefficient (Wildman–Crippen LogP) is 2.82. The number of carbonyl (C=O) groups is 1. The first-order chi connectivity index (χ1) is 6.62. The zero-order valence-electron chi connectivity index (χ0n) is 9.08. The van der Waals surface area contributed by atoms with Crippen molar-refractivity contribution in [3.63, 3.8) is 0 Å². The van der Waals surface area contributed by atoms with E-state index in [2.05, 4.69) is 19.6 Å². The minimum absolute atomic E-state index is 0.0440. The van der Waals surface area contributed by atoms with Gasteiger partial charge in [0, 0.05) is 0 Å². The van der Waals surface area contributed by atoms with E-state index in [4.69, 9.17) is 4.74 Å². The number of esters is 1. The summed E-state index contributed by atoms with van der Waals surface area (Å²) in [5, 5.41) is 0. The number of thiol groups is 1. The highest BCUT2D eigenvalue weighted by molar-refractivity contribution is 7.80. The lowest BCUT2D eigenvalue weighted by atomic mass is 10.1. The molecule has 1 atom stereocenters. The molecule has 1 aliphatic rings. The molecule has 0 spiro atoms. The van der Waals surface area contributed by atoms with Gasteiger partial charge in [-0.1, -0.05) is 13.3 Å². The Bertz CT molecular complexity index is 199. The second-order valence-electron chi connectivity index (χ2n) is 4.42. The zero-order chi connectivity index (χ0) is 10.6. The fraction of sp³-hybridized carbons (Fsp3) is 0.909. The largest absolute Gasteiger partial charge is 0.463 e. The lowest BCUT2D eigenvalue weighted by Gasteiger charge is -2.15. The van der Waals surface area contributed by atoms with E-state index in [0.717, 1.165) is 31.4 Å². The fourth-order valence-electron chi connectivity index (χ4n) is 1.61. The summed E-state index contributed by atoms with van der Waals surface area (Å²) in [5.74, 6) is 0.766. The van der Waals surface area contributed by atoms with Crippen LogP contribution in [0.25, 0.3) is 0 Å². The highest BCUT2D eigenvalue weighted by Crippen LogP contribution is 2.49. The number of carbonyl (C=O) groups excluding carboxylic acids is 1. The predicted molar refractivity (Wildman–Crippen MR) is 60.6 cm³/mol. The van der Waals surface area contributed by atoms with Crippen LogP contribution in [-0.4, -0.2) is 17.8 Å². The Morgan fingerprint density at radius 1 is 1.57 bits per heavy atom. The van der Waals surface area contributed by atoms with Crippen LogP contribution in [0.5, 0.6) is 0 Å². The second kappa shape index (κ2) is 5.06. The van der Waals surface area contributed by atoms with Gasteiger partial charge in [0.25, 0.3) is 0 Å². The summed E-state index contributed by atoms with van der Waals surface area (Å²) in [6.07, 6.45) is 4.92. The summed E-state index contributed by atoms with van der Waals surface area (Å²) < 4.78 is 5.30. The standard InChI is InChI=1S/C11H20O2S/c1-3-4-9(2)13-10(12)7-11(8-14)5-6-11/h9,14H,3-8H2,1-2H3. The van der Waals surface area contributed by atoms with Gasteiger partial charge >= 0.3 is 5.97 Å². The van der Waals surface area contributed by atoms with E-state index in [9.17, 15) is 4.79 Å². The number of rotatable bonds is 6. The lowest BCUT2D eigenvalue weighted by Crippen LogP contribution is -2.19. The molecule has 2 nitrogen and oxygen atoms in total. The maximum absolute atomic E-state index is 11.5. The van der Waals surface area contributed by atoms with Crippen molar-refractivity contribution in [2.24, 2.45) is 5.41 Å². The van der Waals surface area contributed by atoms with Crippen molar-refractivity contribution in [2.45, 2.75) is 52.1 Å². The van der Waals surface area contributed by atoms with Crippen LogP contribution in [0, 0.1) is 5.41 Å². The first-order valence-electron chi connectivity index (χ1n) is 5.42. The highest BCUT2D eigenvalue weighted by atomic mass is 32.1. The van der Waals surface area contributed by atoms with Gasteiger partial charge in [-0.3, -0.25) is 4.79 Å². The third-order valence-electron chi connectivity index (χ3n) is 2.84. The van der Waals surface area contributed by atoms with E-state index in [0.29, 0.717) is 6.42 Å². The molecule has 0 N–H and O–H groups in total. The van der Waals surface area contributed by atoms with Gasteiger partial charge in [-0.2, -0.15) is 12.6 Å². The van der Waals surface area contributed by atoms with Gasteiger partial charge in [-0.15, -0.1) is 0 Å². The van der Waals surface area contributed by atoms with Crippen molar-refractivity contribution < 1.29 is 9.53 Å². The molecule has 1 saturated carbocycles. The molecule has 14 heavy (non-hydrogen) atoms. The minimum atomic E-state index is -0.0440. The van der Waals surface area contributed by atoms with Crippen LogP contribution >= 0.6 is 12.6 Å². The minimum Gasteiger partial charge on any atom is -0.463 e. The molecule has 1 fully saturated rings. The number of hydrogen-bond acceptors (Lipinski definition) is 3. The summed E-state index contributed by atoms with van der Waals surface area (Å²) >= 11 is 4.26. The molecule has 0 aromatic heterocycles. The van der Waals surface area contributed by atoms with Gasteiger partial charge in [-0.25, -0.2) is 0 Å². The highest BCUT2D eigenvalue weighted by Gasteiger charge is 2.43. The van der Waals surface area contributed by atoms with E-state index < -0.39 is 0 Å². The first kappa shape index (κ1) is 11.9. The SMILES string of the molecule is CCCC(C)OC(=O)CC1(CS)CC1. The molecule has 3 heteroatoms. The Morgan fingerprint density at radius 2 is 2.21 bits per heavy atom. The Kier molecular flexibility index (Phi) is 4.30. The van der Waals surface area contributed by atoms with Gasteiger partial charge < -0.3 is 4.74 Å². The molecule has 0 aromatic carbocycles. The normalized spacial score (nSPS) is 20.2. The van der Waals surface area contributed by atoms with Crippen molar-refractivity contribution in [3.05, 3.63) is 0 Å². The fourth-order valence-corrected chi connectivity index (χ4v) is 2.03. The molecule has 0 aromatic rings. The summed E-state index contributed by atoms with van der Waals surface area (Å²) in [7, 11) is 0. The van der Waals surface area contributed by atoms with E-state index >= 15 is 0 Å². The Balaban J connectivity index is 2.22. The van der Waals surface area contributed by atoms with Crippen LogP contribution in [0.2, 0.25) is 0 Å². The summed E-state index contributed by atoms with van der Waals surface area (Å²) in [5.41, 5.74) is 0.187. The average molecular weight is 216 g/mol. The van der Waals surface area contributed by atoms with E-state index in [1.807, 2.05) is 6.92 Å². The molecule has 1 unspecified atom stereocenters. The van der Waals surface area contributed by atoms with Crippen molar-refractivity contribution >= 4 is 18.6 Å². The van der Waals surface area contributed by atoms with Crippen LogP contribution in [0.4, 0.5) is 0 Å². The van der Waals surface area contributed by atoms with Crippen LogP contribution < -0.4 is 0 Å². The smallest absolute Gasteiger partial charge is 0.306 e.